The van der Waals surface area contributed by atoms with Crippen LogP contribution < -0.4 is 0 Å². The topological polar surface area (TPSA) is 3.24 Å². The van der Waals surface area contributed by atoms with E-state index in [0.717, 1.165) is 0 Å². The van der Waals surface area contributed by atoms with E-state index in [9.17, 15) is 0 Å². The molecular formula is C12H20ClNS. The maximum Gasteiger partial charge on any atom is 0.0163 e. The van der Waals surface area contributed by atoms with Crippen LogP contribution in [0.5, 0.6) is 0 Å². The zero-order valence-corrected chi connectivity index (χ0v) is 11.7. The van der Waals surface area contributed by atoms with Crippen molar-refractivity contribution in [2.75, 3.05) is 14.1 Å². The fourth-order valence-electron chi connectivity index (χ4n) is 1.91. The summed E-state index contributed by atoms with van der Waals surface area (Å²) in [4.78, 5) is 3.55. The number of allylic oxidation sites excluding steroid dienone is 4. The summed E-state index contributed by atoms with van der Waals surface area (Å²) in [5, 5.41) is 2.07. The standard InChI is InChI=1S/C12H20ClNS/c1-6-15(13)12-8-7-11(14(4)5)9(2)10(12)3/h6-10H,1-5H3. The van der Waals surface area contributed by atoms with E-state index in [1.807, 2.05) is 6.92 Å². The molecule has 15 heavy (non-hydrogen) atoms. The smallest absolute Gasteiger partial charge is 0.0163 e. The largest absolute Gasteiger partial charge is 0.381 e. The third-order valence-electron chi connectivity index (χ3n) is 3.03. The summed E-state index contributed by atoms with van der Waals surface area (Å²) >= 11 is 0. The highest BCUT2D eigenvalue weighted by Crippen LogP contribution is 2.42. The lowest BCUT2D eigenvalue weighted by Gasteiger charge is -2.32. The third-order valence-corrected chi connectivity index (χ3v) is 5.47. The second kappa shape index (κ2) is 5.22. The molecule has 0 radical (unpaired) electrons. The lowest BCUT2D eigenvalue weighted by molar-refractivity contribution is 0.379. The number of hydrogen-bond donors (Lipinski definition) is 0. The van der Waals surface area contributed by atoms with Gasteiger partial charge in [-0.1, -0.05) is 29.6 Å². The van der Waals surface area contributed by atoms with Crippen LogP contribution in [0.3, 0.4) is 0 Å². The van der Waals surface area contributed by atoms with E-state index in [1.54, 1.807) is 0 Å². The maximum atomic E-state index is 6.29. The van der Waals surface area contributed by atoms with E-state index < -0.39 is 0 Å². The van der Waals surface area contributed by atoms with Crippen LogP contribution in [0.25, 0.3) is 0 Å². The van der Waals surface area contributed by atoms with Crippen LogP contribution in [0.2, 0.25) is 0 Å². The molecule has 0 saturated carbocycles. The predicted molar refractivity (Wildman–Crippen MR) is 73.4 cm³/mol. The Labute approximate surface area is 100 Å². The van der Waals surface area contributed by atoms with E-state index >= 15 is 0 Å². The van der Waals surface area contributed by atoms with Crippen molar-refractivity contribution in [1.82, 2.24) is 4.90 Å². The Morgan fingerprint density at radius 1 is 1.27 bits per heavy atom. The van der Waals surface area contributed by atoms with Crippen LogP contribution in [0.4, 0.5) is 0 Å². The number of rotatable bonds is 2. The molecule has 0 heterocycles. The highest BCUT2D eigenvalue weighted by atomic mass is 35.7. The number of halogens is 1. The van der Waals surface area contributed by atoms with Gasteiger partial charge in [0.05, 0.1) is 0 Å². The molecule has 0 N–H and O–H groups in total. The zero-order chi connectivity index (χ0) is 11.6. The molecule has 0 aromatic rings. The van der Waals surface area contributed by atoms with Crippen molar-refractivity contribution in [2.24, 2.45) is 11.8 Å². The Hall–Kier alpha value is -0.210. The highest BCUT2D eigenvalue weighted by Gasteiger charge is 2.25. The predicted octanol–water partition coefficient (Wildman–Crippen LogP) is 3.85. The minimum atomic E-state index is -0.197. The average molecular weight is 246 g/mol. The summed E-state index contributed by atoms with van der Waals surface area (Å²) in [7, 11) is 10.3. The molecule has 0 bridgehead atoms. The molecule has 1 aliphatic carbocycles. The lowest BCUT2D eigenvalue weighted by Crippen LogP contribution is -2.24. The second-order valence-corrected chi connectivity index (χ2v) is 6.66. The van der Waals surface area contributed by atoms with E-state index in [1.165, 1.54) is 10.6 Å². The lowest BCUT2D eigenvalue weighted by atomic mass is 9.88. The minimum absolute atomic E-state index is 0.197. The molecule has 3 atom stereocenters. The Balaban J connectivity index is 3.05. The minimum Gasteiger partial charge on any atom is -0.381 e. The summed E-state index contributed by atoms with van der Waals surface area (Å²) in [5.41, 5.74) is 1.39. The van der Waals surface area contributed by atoms with Gasteiger partial charge in [0.2, 0.25) is 0 Å². The first-order valence-corrected chi connectivity index (χ1v) is 7.38. The van der Waals surface area contributed by atoms with Crippen LogP contribution in [0, 0.1) is 11.8 Å². The second-order valence-electron chi connectivity index (χ2n) is 4.15. The first-order chi connectivity index (χ1) is 6.99. The molecule has 0 aliphatic heterocycles. The summed E-state index contributed by atoms with van der Waals surface area (Å²) in [6.45, 7) is 6.56. The Bertz CT molecular complexity index is 329. The molecule has 1 rings (SSSR count). The van der Waals surface area contributed by atoms with E-state index in [2.05, 4.69) is 50.4 Å². The van der Waals surface area contributed by atoms with Gasteiger partial charge in [-0.3, -0.25) is 0 Å². The van der Waals surface area contributed by atoms with Gasteiger partial charge in [-0.25, -0.2) is 0 Å². The molecule has 3 heteroatoms. The molecule has 86 valence electrons. The van der Waals surface area contributed by atoms with Crippen molar-refractivity contribution in [3.8, 4) is 0 Å². The van der Waals surface area contributed by atoms with Gasteiger partial charge >= 0.3 is 0 Å². The van der Waals surface area contributed by atoms with Gasteiger partial charge in [0, 0.05) is 25.7 Å². The van der Waals surface area contributed by atoms with Crippen LogP contribution >= 0.6 is 20.4 Å². The van der Waals surface area contributed by atoms with Crippen LogP contribution in [0.15, 0.2) is 22.8 Å². The van der Waals surface area contributed by atoms with Gasteiger partial charge in [-0.2, -0.15) is 0 Å². The molecule has 3 unspecified atom stereocenters. The van der Waals surface area contributed by atoms with Crippen LogP contribution in [-0.2, 0) is 0 Å². The van der Waals surface area contributed by atoms with Crippen molar-refractivity contribution in [3.05, 3.63) is 22.8 Å². The molecule has 0 aromatic heterocycles. The van der Waals surface area contributed by atoms with Crippen molar-refractivity contribution >= 4 is 25.7 Å². The fourth-order valence-corrected chi connectivity index (χ4v) is 3.51. The van der Waals surface area contributed by atoms with E-state index in [0.29, 0.717) is 11.8 Å². The molecule has 1 aliphatic rings. The van der Waals surface area contributed by atoms with Crippen molar-refractivity contribution < 1.29 is 0 Å². The SMILES string of the molecule is C/C=S(/Cl)C1=CC=C(N(C)C)C(C)C1C. The van der Waals surface area contributed by atoms with Gasteiger partial charge in [0.25, 0.3) is 0 Å². The first kappa shape index (κ1) is 12.9. The van der Waals surface area contributed by atoms with Gasteiger partial charge in [-0.15, -0.1) is 0 Å². The Kier molecular flexibility index (Phi) is 4.47. The third kappa shape index (κ3) is 2.67. The first-order valence-electron chi connectivity index (χ1n) is 5.27. The molecule has 1 nitrogen and oxygen atoms in total. The average Bonchev–Trinajstić information content (AvgIpc) is 2.20. The van der Waals surface area contributed by atoms with Gasteiger partial charge in [0.1, 0.15) is 0 Å². The van der Waals surface area contributed by atoms with Crippen LogP contribution in [-0.4, -0.2) is 24.4 Å². The van der Waals surface area contributed by atoms with E-state index in [-0.39, 0.29) is 9.70 Å². The van der Waals surface area contributed by atoms with Gasteiger partial charge < -0.3 is 4.90 Å². The molecule has 0 fully saturated rings. The van der Waals surface area contributed by atoms with Crippen molar-refractivity contribution in [1.29, 1.82) is 0 Å². The molecular weight excluding hydrogens is 226 g/mol. The van der Waals surface area contributed by atoms with Gasteiger partial charge in [-0.05, 0) is 39.9 Å². The summed E-state index contributed by atoms with van der Waals surface area (Å²) < 4.78 is 0. The van der Waals surface area contributed by atoms with Crippen LogP contribution in [0.1, 0.15) is 20.8 Å². The van der Waals surface area contributed by atoms with Gasteiger partial charge in [0.15, 0.2) is 0 Å². The monoisotopic (exact) mass is 245 g/mol. The molecule has 0 saturated heterocycles. The quantitative estimate of drug-likeness (QED) is 0.668. The summed E-state index contributed by atoms with van der Waals surface area (Å²) in [6, 6.07) is 0. The normalized spacial score (nSPS) is 28.4. The zero-order valence-electron chi connectivity index (χ0n) is 10.1. The molecule has 0 amide bonds. The Morgan fingerprint density at radius 3 is 2.33 bits per heavy atom. The van der Waals surface area contributed by atoms with Crippen molar-refractivity contribution in [2.45, 2.75) is 20.8 Å². The Morgan fingerprint density at radius 2 is 1.87 bits per heavy atom. The summed E-state index contributed by atoms with van der Waals surface area (Å²) in [5.74, 6) is 1.08. The molecule has 0 aromatic carbocycles. The van der Waals surface area contributed by atoms with E-state index in [4.69, 9.17) is 10.7 Å². The highest BCUT2D eigenvalue weighted by molar-refractivity contribution is 8.37. The summed E-state index contributed by atoms with van der Waals surface area (Å²) in [6.07, 6.45) is 4.39. The fraction of sp³-hybridized carbons (Fsp3) is 0.583. The maximum absolute atomic E-state index is 6.29. The number of hydrogen-bond acceptors (Lipinski definition) is 1. The number of nitrogens with zero attached hydrogens (tertiary/aromatic N) is 1. The molecule has 0 spiro atoms. The van der Waals surface area contributed by atoms with Crippen molar-refractivity contribution in [3.63, 3.8) is 0 Å².